The van der Waals surface area contributed by atoms with Gasteiger partial charge in [0, 0.05) is 12.6 Å². The zero-order valence-corrected chi connectivity index (χ0v) is 11.0. The van der Waals surface area contributed by atoms with E-state index in [1.807, 2.05) is 36.4 Å². The average Bonchev–Trinajstić information content (AvgIpc) is 2.41. The predicted molar refractivity (Wildman–Crippen MR) is 79.4 cm³/mol. The topological polar surface area (TPSA) is 69.6 Å². The van der Waals surface area contributed by atoms with Crippen molar-refractivity contribution < 1.29 is 15.0 Å². The molecule has 0 heterocycles. The molecule has 1 amide bonds. The molecule has 20 heavy (non-hydrogen) atoms. The molecule has 0 fully saturated rings. The Morgan fingerprint density at radius 3 is 2.15 bits per heavy atom. The van der Waals surface area contributed by atoms with Crippen LogP contribution in [0.4, 0.5) is 5.69 Å². The Labute approximate surface area is 117 Å². The number of amides is 1. The monoisotopic (exact) mass is 269 g/mol. The van der Waals surface area contributed by atoms with E-state index in [2.05, 4.69) is 5.32 Å². The molecule has 2 aromatic rings. The standard InChI is InChI=1S/C16H15NO3/c1-11(18)17-14-7-4-12(5-8-14)2-3-13-6-9-15(19)16(20)10-13/h2-10,19-20H,1H3,(H,17,18)/b3-2+. The molecule has 0 aliphatic heterocycles. The Balaban J connectivity index is 2.10. The predicted octanol–water partition coefficient (Wildman–Crippen LogP) is 3.23. The largest absolute Gasteiger partial charge is 0.504 e. The summed E-state index contributed by atoms with van der Waals surface area (Å²) in [4.78, 5) is 10.9. The van der Waals surface area contributed by atoms with Crippen molar-refractivity contribution in [1.82, 2.24) is 0 Å². The lowest BCUT2D eigenvalue weighted by atomic mass is 10.1. The molecule has 0 radical (unpaired) electrons. The molecule has 4 nitrogen and oxygen atoms in total. The van der Waals surface area contributed by atoms with Crippen molar-refractivity contribution in [1.29, 1.82) is 0 Å². The van der Waals surface area contributed by atoms with Gasteiger partial charge in [0.25, 0.3) is 0 Å². The maximum absolute atomic E-state index is 10.9. The second-order valence-electron chi connectivity index (χ2n) is 4.38. The summed E-state index contributed by atoms with van der Waals surface area (Å²) in [6, 6.07) is 12.0. The minimum absolute atomic E-state index is 0.104. The van der Waals surface area contributed by atoms with Crippen LogP contribution in [0.1, 0.15) is 18.1 Å². The fourth-order valence-corrected chi connectivity index (χ4v) is 1.72. The van der Waals surface area contributed by atoms with Crippen LogP contribution in [0.15, 0.2) is 42.5 Å². The summed E-state index contributed by atoms with van der Waals surface area (Å²) in [5.41, 5.74) is 2.50. The van der Waals surface area contributed by atoms with E-state index in [0.717, 1.165) is 16.8 Å². The maximum atomic E-state index is 10.9. The fraction of sp³-hybridized carbons (Fsp3) is 0.0625. The Morgan fingerprint density at radius 1 is 0.950 bits per heavy atom. The molecule has 2 aromatic carbocycles. The summed E-state index contributed by atoms with van der Waals surface area (Å²) >= 11 is 0. The normalized spacial score (nSPS) is 10.7. The van der Waals surface area contributed by atoms with Crippen molar-refractivity contribution >= 4 is 23.7 Å². The molecule has 0 bridgehead atoms. The van der Waals surface area contributed by atoms with Crippen LogP contribution in [0, 0.1) is 0 Å². The number of anilines is 1. The average molecular weight is 269 g/mol. The molecule has 102 valence electrons. The number of phenolic OH excluding ortho intramolecular Hbond substituents is 2. The first kappa shape index (κ1) is 13.7. The molecule has 4 heteroatoms. The van der Waals surface area contributed by atoms with E-state index in [4.69, 9.17) is 0 Å². The summed E-state index contributed by atoms with van der Waals surface area (Å²) in [5.74, 6) is -0.386. The highest BCUT2D eigenvalue weighted by Gasteiger charge is 1.98. The molecule has 0 saturated heterocycles. The van der Waals surface area contributed by atoms with E-state index in [-0.39, 0.29) is 17.4 Å². The van der Waals surface area contributed by atoms with Gasteiger partial charge in [0.1, 0.15) is 0 Å². The van der Waals surface area contributed by atoms with Crippen LogP contribution in [-0.4, -0.2) is 16.1 Å². The van der Waals surface area contributed by atoms with E-state index in [9.17, 15) is 15.0 Å². The smallest absolute Gasteiger partial charge is 0.221 e. The summed E-state index contributed by atoms with van der Waals surface area (Å²) in [5, 5.41) is 21.3. The number of phenols is 2. The molecule has 0 aliphatic rings. The van der Waals surface area contributed by atoms with Crippen molar-refractivity contribution in [2.75, 3.05) is 5.32 Å². The number of hydrogen-bond acceptors (Lipinski definition) is 3. The molecule has 0 aliphatic carbocycles. The van der Waals surface area contributed by atoms with Crippen LogP contribution in [0.3, 0.4) is 0 Å². The van der Waals surface area contributed by atoms with E-state index < -0.39 is 0 Å². The summed E-state index contributed by atoms with van der Waals surface area (Å²) < 4.78 is 0. The Hall–Kier alpha value is -2.75. The van der Waals surface area contributed by atoms with Gasteiger partial charge in [-0.05, 0) is 35.4 Å². The number of carbonyl (C=O) groups is 1. The van der Waals surface area contributed by atoms with Crippen molar-refractivity contribution in [3.05, 3.63) is 53.6 Å². The third-order valence-corrected chi connectivity index (χ3v) is 2.70. The number of nitrogens with one attached hydrogen (secondary N) is 1. The van der Waals surface area contributed by atoms with Crippen molar-refractivity contribution in [3.8, 4) is 11.5 Å². The number of rotatable bonds is 3. The lowest BCUT2D eigenvalue weighted by Gasteiger charge is -2.02. The van der Waals surface area contributed by atoms with Gasteiger partial charge in [0.2, 0.25) is 5.91 Å². The molecule has 0 aromatic heterocycles. The lowest BCUT2D eigenvalue weighted by molar-refractivity contribution is -0.114. The molecule has 3 N–H and O–H groups in total. The molecule has 0 unspecified atom stereocenters. The van der Waals surface area contributed by atoms with Gasteiger partial charge in [-0.2, -0.15) is 0 Å². The lowest BCUT2D eigenvalue weighted by Crippen LogP contribution is -2.05. The first-order valence-corrected chi connectivity index (χ1v) is 6.12. The van der Waals surface area contributed by atoms with Crippen molar-refractivity contribution in [3.63, 3.8) is 0 Å². The number of carbonyl (C=O) groups excluding carboxylic acids is 1. The van der Waals surface area contributed by atoms with Crippen molar-refractivity contribution in [2.24, 2.45) is 0 Å². The number of aromatic hydroxyl groups is 2. The second-order valence-corrected chi connectivity index (χ2v) is 4.38. The molecular weight excluding hydrogens is 254 g/mol. The summed E-state index contributed by atoms with van der Waals surface area (Å²) in [6.45, 7) is 1.46. The number of benzene rings is 2. The quantitative estimate of drug-likeness (QED) is 0.592. The first-order valence-electron chi connectivity index (χ1n) is 6.12. The molecule has 0 saturated carbocycles. The maximum Gasteiger partial charge on any atom is 0.221 e. The van der Waals surface area contributed by atoms with E-state index >= 15 is 0 Å². The van der Waals surface area contributed by atoms with Gasteiger partial charge in [0.05, 0.1) is 0 Å². The van der Waals surface area contributed by atoms with Crippen LogP contribution in [0.5, 0.6) is 11.5 Å². The minimum atomic E-state index is -0.145. The Morgan fingerprint density at radius 2 is 1.55 bits per heavy atom. The first-order chi connectivity index (χ1) is 9.54. The van der Waals surface area contributed by atoms with E-state index in [0.29, 0.717) is 0 Å². The highest BCUT2D eigenvalue weighted by Crippen LogP contribution is 2.25. The molecule has 0 spiro atoms. The highest BCUT2D eigenvalue weighted by atomic mass is 16.3. The number of hydrogen-bond donors (Lipinski definition) is 3. The Kier molecular flexibility index (Phi) is 4.05. The van der Waals surface area contributed by atoms with Crippen LogP contribution < -0.4 is 5.32 Å². The zero-order chi connectivity index (χ0) is 14.5. The van der Waals surface area contributed by atoms with Crippen LogP contribution >= 0.6 is 0 Å². The summed E-state index contributed by atoms with van der Waals surface area (Å²) in [6.07, 6.45) is 3.70. The minimum Gasteiger partial charge on any atom is -0.504 e. The fourth-order valence-electron chi connectivity index (χ4n) is 1.72. The van der Waals surface area contributed by atoms with Gasteiger partial charge in [-0.25, -0.2) is 0 Å². The van der Waals surface area contributed by atoms with E-state index in [1.165, 1.54) is 19.1 Å². The van der Waals surface area contributed by atoms with Gasteiger partial charge >= 0.3 is 0 Å². The van der Waals surface area contributed by atoms with Crippen LogP contribution in [0.25, 0.3) is 12.2 Å². The summed E-state index contributed by atoms with van der Waals surface area (Å²) in [7, 11) is 0. The third kappa shape index (κ3) is 3.62. The van der Waals surface area contributed by atoms with Gasteiger partial charge in [-0.3, -0.25) is 4.79 Å². The van der Waals surface area contributed by atoms with E-state index in [1.54, 1.807) is 6.07 Å². The second kappa shape index (κ2) is 5.93. The third-order valence-electron chi connectivity index (χ3n) is 2.70. The van der Waals surface area contributed by atoms with Crippen LogP contribution in [-0.2, 0) is 4.79 Å². The zero-order valence-electron chi connectivity index (χ0n) is 11.0. The van der Waals surface area contributed by atoms with Gasteiger partial charge in [-0.15, -0.1) is 0 Å². The van der Waals surface area contributed by atoms with Crippen LogP contribution in [0.2, 0.25) is 0 Å². The molecule has 0 atom stereocenters. The van der Waals surface area contributed by atoms with Crippen molar-refractivity contribution in [2.45, 2.75) is 6.92 Å². The highest BCUT2D eigenvalue weighted by molar-refractivity contribution is 5.88. The van der Waals surface area contributed by atoms with Gasteiger partial charge < -0.3 is 15.5 Å². The molecule has 2 rings (SSSR count). The SMILES string of the molecule is CC(=O)Nc1ccc(/C=C/c2ccc(O)c(O)c2)cc1. The molecular formula is C16H15NO3. The Bertz CT molecular complexity index is 645. The van der Waals surface area contributed by atoms with Gasteiger partial charge in [-0.1, -0.05) is 30.4 Å². The van der Waals surface area contributed by atoms with Gasteiger partial charge in [0.15, 0.2) is 11.5 Å².